The number of carbonyl (C=O) groups is 1. The highest BCUT2D eigenvalue weighted by atomic mass is 19.1. The summed E-state index contributed by atoms with van der Waals surface area (Å²) in [5.41, 5.74) is 5.34. The Morgan fingerprint density at radius 2 is 1.74 bits per heavy atom. The third-order valence-corrected chi connectivity index (χ3v) is 6.60. The first-order valence-electron chi connectivity index (χ1n) is 12.9. The lowest BCUT2D eigenvalue weighted by molar-refractivity contribution is 0.102. The smallest absolute Gasteiger partial charge is 0.259 e. The molecule has 0 fully saturated rings. The van der Waals surface area contributed by atoms with Crippen molar-refractivity contribution in [3.05, 3.63) is 102 Å². The Balaban J connectivity index is 1.34. The fraction of sp³-hybridized carbons (Fsp3) is 0.258. The number of unbranched alkanes of at least 4 members (excludes halogenated alkanes) is 1. The van der Waals surface area contributed by atoms with E-state index in [0.29, 0.717) is 16.9 Å². The van der Waals surface area contributed by atoms with Crippen LogP contribution < -0.4 is 5.32 Å². The van der Waals surface area contributed by atoms with E-state index < -0.39 is 0 Å². The second-order valence-electron chi connectivity index (χ2n) is 10.5. The SMILES string of the molecule is CC(C)(C)n1ncc(C(=O)Nc2ccc3ncn(CCCCc4ccccc4)c3c2)c1-c1ccc(F)cc1. The first-order chi connectivity index (χ1) is 18.3. The number of aryl methyl sites for hydroxylation is 2. The Morgan fingerprint density at radius 1 is 0.974 bits per heavy atom. The van der Waals surface area contributed by atoms with Crippen molar-refractivity contribution >= 4 is 22.6 Å². The molecule has 6 nitrogen and oxygen atoms in total. The monoisotopic (exact) mass is 509 g/mol. The number of imidazole rings is 1. The van der Waals surface area contributed by atoms with Crippen LogP contribution in [0.1, 0.15) is 49.5 Å². The van der Waals surface area contributed by atoms with Crippen molar-refractivity contribution in [1.82, 2.24) is 19.3 Å². The Hall–Kier alpha value is -4.26. The summed E-state index contributed by atoms with van der Waals surface area (Å²) in [7, 11) is 0. The summed E-state index contributed by atoms with van der Waals surface area (Å²) in [6, 6.07) is 22.4. The molecule has 1 amide bonds. The van der Waals surface area contributed by atoms with E-state index in [9.17, 15) is 9.18 Å². The van der Waals surface area contributed by atoms with E-state index >= 15 is 0 Å². The first kappa shape index (κ1) is 25.4. The molecule has 0 aliphatic rings. The van der Waals surface area contributed by atoms with Gasteiger partial charge in [-0.05, 0) is 88.1 Å². The normalized spacial score (nSPS) is 11.7. The predicted molar refractivity (Wildman–Crippen MR) is 150 cm³/mol. The highest BCUT2D eigenvalue weighted by Crippen LogP contribution is 2.30. The first-order valence-corrected chi connectivity index (χ1v) is 12.9. The largest absolute Gasteiger partial charge is 0.331 e. The number of carbonyl (C=O) groups excluding carboxylic acids is 1. The molecule has 0 saturated carbocycles. The number of hydrogen-bond acceptors (Lipinski definition) is 3. The third kappa shape index (κ3) is 5.52. The number of anilines is 1. The van der Waals surface area contributed by atoms with Gasteiger partial charge in [0.05, 0.1) is 40.4 Å². The molecule has 2 aromatic heterocycles. The minimum absolute atomic E-state index is 0.270. The number of benzene rings is 3. The lowest BCUT2D eigenvalue weighted by Crippen LogP contribution is -2.24. The average molecular weight is 510 g/mol. The van der Waals surface area contributed by atoms with Crippen LogP contribution in [0.2, 0.25) is 0 Å². The van der Waals surface area contributed by atoms with Crippen molar-refractivity contribution in [2.75, 3.05) is 5.32 Å². The summed E-state index contributed by atoms with van der Waals surface area (Å²) in [5, 5.41) is 7.55. The molecule has 0 bridgehead atoms. The van der Waals surface area contributed by atoms with E-state index in [-0.39, 0.29) is 17.3 Å². The molecule has 1 N–H and O–H groups in total. The number of halogens is 1. The number of fused-ring (bicyclic) bond motifs is 1. The number of aromatic nitrogens is 4. The maximum Gasteiger partial charge on any atom is 0.259 e. The van der Waals surface area contributed by atoms with Crippen molar-refractivity contribution in [3.63, 3.8) is 0 Å². The molecule has 5 aromatic rings. The third-order valence-electron chi connectivity index (χ3n) is 6.60. The van der Waals surface area contributed by atoms with E-state index in [0.717, 1.165) is 42.4 Å². The van der Waals surface area contributed by atoms with Crippen LogP contribution in [-0.4, -0.2) is 25.2 Å². The van der Waals surface area contributed by atoms with E-state index in [1.807, 2.05) is 56.0 Å². The Kier molecular flexibility index (Phi) is 7.09. The van der Waals surface area contributed by atoms with E-state index in [1.165, 1.54) is 17.7 Å². The molecule has 0 spiro atoms. The number of rotatable bonds is 8. The zero-order valence-corrected chi connectivity index (χ0v) is 22.0. The van der Waals surface area contributed by atoms with Crippen molar-refractivity contribution in [3.8, 4) is 11.3 Å². The van der Waals surface area contributed by atoms with Crippen LogP contribution >= 0.6 is 0 Å². The van der Waals surface area contributed by atoms with Crippen LogP contribution in [0.15, 0.2) is 85.3 Å². The quantitative estimate of drug-likeness (QED) is 0.228. The van der Waals surface area contributed by atoms with Gasteiger partial charge in [0.2, 0.25) is 0 Å². The number of hydrogen-bond donors (Lipinski definition) is 1. The van der Waals surface area contributed by atoms with E-state index in [2.05, 4.69) is 44.2 Å². The molecule has 0 atom stereocenters. The van der Waals surface area contributed by atoms with Gasteiger partial charge >= 0.3 is 0 Å². The minimum atomic E-state index is -0.367. The highest BCUT2D eigenvalue weighted by molar-refractivity contribution is 6.08. The zero-order chi connectivity index (χ0) is 26.7. The summed E-state index contributed by atoms with van der Waals surface area (Å²) < 4.78 is 17.6. The Labute approximate surface area is 222 Å². The van der Waals surface area contributed by atoms with Gasteiger partial charge < -0.3 is 9.88 Å². The fourth-order valence-corrected chi connectivity index (χ4v) is 4.68. The van der Waals surface area contributed by atoms with Crippen molar-refractivity contribution in [2.24, 2.45) is 0 Å². The van der Waals surface area contributed by atoms with Crippen LogP contribution in [0.4, 0.5) is 10.1 Å². The summed E-state index contributed by atoms with van der Waals surface area (Å²) in [4.78, 5) is 18.0. The topological polar surface area (TPSA) is 64.7 Å². The average Bonchev–Trinajstić information content (AvgIpc) is 3.52. The Bertz CT molecular complexity index is 1550. The van der Waals surface area contributed by atoms with Crippen LogP contribution in [0.25, 0.3) is 22.3 Å². The van der Waals surface area contributed by atoms with Gasteiger partial charge in [-0.2, -0.15) is 5.10 Å². The molecular formula is C31H32FN5O. The second kappa shape index (κ2) is 10.6. The van der Waals surface area contributed by atoms with Gasteiger partial charge in [0.25, 0.3) is 5.91 Å². The molecule has 0 saturated heterocycles. The fourth-order valence-electron chi connectivity index (χ4n) is 4.68. The molecule has 2 heterocycles. The summed E-state index contributed by atoms with van der Waals surface area (Å²) in [6.07, 6.45) is 6.61. The van der Waals surface area contributed by atoms with Crippen molar-refractivity contribution < 1.29 is 9.18 Å². The van der Waals surface area contributed by atoms with Gasteiger partial charge in [-0.1, -0.05) is 30.3 Å². The molecule has 0 aliphatic heterocycles. The number of nitrogens with one attached hydrogen (secondary N) is 1. The molecule has 0 radical (unpaired) electrons. The molecule has 5 rings (SSSR count). The van der Waals surface area contributed by atoms with Crippen molar-refractivity contribution in [2.45, 2.75) is 52.1 Å². The predicted octanol–water partition coefficient (Wildman–Crippen LogP) is 7.07. The maximum atomic E-state index is 13.6. The van der Waals surface area contributed by atoms with E-state index in [1.54, 1.807) is 18.3 Å². The van der Waals surface area contributed by atoms with Gasteiger partial charge in [-0.15, -0.1) is 0 Å². The molecule has 0 aliphatic carbocycles. The van der Waals surface area contributed by atoms with Gasteiger partial charge in [-0.25, -0.2) is 9.37 Å². The molecule has 38 heavy (non-hydrogen) atoms. The van der Waals surface area contributed by atoms with Crippen LogP contribution in [-0.2, 0) is 18.5 Å². The van der Waals surface area contributed by atoms with Gasteiger partial charge in [0.15, 0.2) is 0 Å². The molecular weight excluding hydrogens is 477 g/mol. The summed E-state index contributed by atoms with van der Waals surface area (Å²) in [6.45, 7) is 6.91. The van der Waals surface area contributed by atoms with Gasteiger partial charge in [0, 0.05) is 17.8 Å². The molecule has 194 valence electrons. The van der Waals surface area contributed by atoms with Crippen molar-refractivity contribution in [1.29, 1.82) is 0 Å². The minimum Gasteiger partial charge on any atom is -0.331 e. The molecule has 0 unspecified atom stereocenters. The standard InChI is InChI=1S/C31H32FN5O/c1-31(2,3)37-29(23-12-14-24(32)15-13-23)26(20-34-37)30(38)35-25-16-17-27-28(19-25)36(21-33-27)18-8-7-11-22-9-5-4-6-10-22/h4-6,9-10,12-17,19-21H,7-8,11,18H2,1-3H3,(H,35,38). The van der Waals surface area contributed by atoms with Crippen LogP contribution in [0.5, 0.6) is 0 Å². The van der Waals surface area contributed by atoms with E-state index in [4.69, 9.17) is 0 Å². The summed E-state index contributed by atoms with van der Waals surface area (Å²) in [5.74, 6) is -0.598. The molecule has 3 aromatic carbocycles. The van der Waals surface area contributed by atoms with Crippen LogP contribution in [0.3, 0.4) is 0 Å². The number of nitrogens with zero attached hydrogens (tertiary/aromatic N) is 4. The lowest BCUT2D eigenvalue weighted by Gasteiger charge is -2.23. The number of amides is 1. The van der Waals surface area contributed by atoms with Gasteiger partial charge in [0.1, 0.15) is 5.82 Å². The highest BCUT2D eigenvalue weighted by Gasteiger charge is 2.25. The Morgan fingerprint density at radius 3 is 2.47 bits per heavy atom. The lowest BCUT2D eigenvalue weighted by atomic mass is 10.0. The second-order valence-corrected chi connectivity index (χ2v) is 10.5. The zero-order valence-electron chi connectivity index (χ0n) is 22.0. The maximum absolute atomic E-state index is 13.6. The van der Waals surface area contributed by atoms with Gasteiger partial charge in [-0.3, -0.25) is 9.48 Å². The summed E-state index contributed by atoms with van der Waals surface area (Å²) >= 11 is 0. The molecule has 7 heteroatoms. The van der Waals surface area contributed by atoms with Crippen LogP contribution in [0, 0.1) is 5.82 Å².